The maximum atomic E-state index is 13.6. The zero-order chi connectivity index (χ0) is 14.6. The summed E-state index contributed by atoms with van der Waals surface area (Å²) in [5.41, 5.74) is 0. The second kappa shape index (κ2) is 6.14. The summed E-state index contributed by atoms with van der Waals surface area (Å²) in [4.78, 5) is 10.0. The third kappa shape index (κ3) is 3.76. The molecule has 19 heavy (non-hydrogen) atoms. The molecule has 0 fully saturated rings. The first-order valence-electron chi connectivity index (χ1n) is 4.89. The van der Waals surface area contributed by atoms with Crippen molar-refractivity contribution in [2.75, 3.05) is 13.1 Å². The van der Waals surface area contributed by atoms with Gasteiger partial charge in [0.05, 0.1) is 6.54 Å². The van der Waals surface area contributed by atoms with Gasteiger partial charge in [0.2, 0.25) is 10.0 Å². The van der Waals surface area contributed by atoms with Crippen molar-refractivity contribution < 1.29 is 22.7 Å². The molecule has 102 valence electrons. The highest BCUT2D eigenvalue weighted by Crippen LogP contribution is 2.22. The molecule has 0 unspecified atom stereocenters. The van der Waals surface area contributed by atoms with Gasteiger partial charge in [-0.25, -0.2) is 12.8 Å². The number of halogens is 2. The van der Waals surface area contributed by atoms with Crippen LogP contribution in [0.2, 0.25) is 0 Å². The van der Waals surface area contributed by atoms with Crippen molar-refractivity contribution in [3.8, 4) is 12.3 Å². The minimum absolute atomic E-state index is 0.366. The molecule has 0 saturated heterocycles. The summed E-state index contributed by atoms with van der Waals surface area (Å²) in [7, 11) is -4.29. The molecule has 0 aromatic heterocycles. The lowest BCUT2D eigenvalue weighted by Crippen LogP contribution is -2.36. The predicted octanol–water partition coefficient (Wildman–Crippen LogP) is 1.30. The number of carboxylic acids is 1. The van der Waals surface area contributed by atoms with Crippen LogP contribution < -0.4 is 0 Å². The first-order valence-corrected chi connectivity index (χ1v) is 7.13. The first-order chi connectivity index (χ1) is 8.78. The lowest BCUT2D eigenvalue weighted by molar-refractivity contribution is -0.137. The van der Waals surface area contributed by atoms with Crippen LogP contribution in [0.15, 0.2) is 27.6 Å². The summed E-state index contributed by atoms with van der Waals surface area (Å²) in [5, 5.41) is 8.66. The molecule has 1 aromatic rings. The number of nitrogens with zero attached hydrogens (tertiary/aromatic N) is 1. The molecule has 0 heterocycles. The highest BCUT2D eigenvalue weighted by atomic mass is 79.9. The molecule has 0 atom stereocenters. The van der Waals surface area contributed by atoms with Gasteiger partial charge in [-0.05, 0) is 18.2 Å². The van der Waals surface area contributed by atoms with E-state index in [2.05, 4.69) is 15.9 Å². The maximum Gasteiger partial charge on any atom is 0.318 e. The number of carboxylic acid groups (broad SMARTS) is 1. The van der Waals surface area contributed by atoms with Gasteiger partial charge in [-0.15, -0.1) is 6.42 Å². The van der Waals surface area contributed by atoms with Gasteiger partial charge in [-0.1, -0.05) is 21.9 Å². The summed E-state index contributed by atoms with van der Waals surface area (Å²) in [5.74, 6) is -0.331. The van der Waals surface area contributed by atoms with Crippen LogP contribution in [0.3, 0.4) is 0 Å². The fraction of sp³-hybridized carbons (Fsp3) is 0.182. The molecule has 0 amide bonds. The third-order valence-electron chi connectivity index (χ3n) is 2.09. The van der Waals surface area contributed by atoms with E-state index in [1.165, 1.54) is 6.07 Å². The standard InChI is InChI=1S/C11H9BrFNO4S/c1-2-5-14(7-11(15)16)19(17,18)10-4-3-8(12)6-9(10)13/h1,3-4,6H,5,7H2,(H,15,16). The first kappa shape index (κ1) is 15.6. The molecular weight excluding hydrogens is 341 g/mol. The van der Waals surface area contributed by atoms with E-state index in [9.17, 15) is 17.6 Å². The van der Waals surface area contributed by atoms with Crippen LogP contribution in [0, 0.1) is 18.2 Å². The van der Waals surface area contributed by atoms with E-state index in [4.69, 9.17) is 11.5 Å². The number of carbonyl (C=O) groups is 1. The third-order valence-corrected chi connectivity index (χ3v) is 4.41. The van der Waals surface area contributed by atoms with Gasteiger partial charge >= 0.3 is 5.97 Å². The summed E-state index contributed by atoms with van der Waals surface area (Å²) in [6.45, 7) is -1.29. The number of benzene rings is 1. The number of rotatable bonds is 5. The number of hydrogen-bond donors (Lipinski definition) is 1. The summed E-state index contributed by atoms with van der Waals surface area (Å²) < 4.78 is 38.7. The van der Waals surface area contributed by atoms with E-state index in [1.54, 1.807) is 0 Å². The summed E-state index contributed by atoms with van der Waals surface area (Å²) >= 11 is 3.00. The Morgan fingerprint density at radius 1 is 1.53 bits per heavy atom. The van der Waals surface area contributed by atoms with Gasteiger partial charge in [-0.2, -0.15) is 4.31 Å². The van der Waals surface area contributed by atoms with Crippen molar-refractivity contribution >= 4 is 31.9 Å². The van der Waals surface area contributed by atoms with Gasteiger partial charge in [0.15, 0.2) is 0 Å². The van der Waals surface area contributed by atoms with Gasteiger partial charge < -0.3 is 5.11 Å². The highest BCUT2D eigenvalue weighted by Gasteiger charge is 2.28. The van der Waals surface area contributed by atoms with Crippen LogP contribution in [0.4, 0.5) is 4.39 Å². The molecule has 0 spiro atoms. The highest BCUT2D eigenvalue weighted by molar-refractivity contribution is 9.10. The van der Waals surface area contributed by atoms with Crippen molar-refractivity contribution in [3.63, 3.8) is 0 Å². The second-order valence-corrected chi connectivity index (χ2v) is 6.27. The molecule has 0 radical (unpaired) electrons. The van der Waals surface area contributed by atoms with Crippen LogP contribution in [0.25, 0.3) is 0 Å². The molecular formula is C11H9BrFNO4S. The Bertz CT molecular complexity index is 639. The number of aliphatic carboxylic acids is 1. The van der Waals surface area contributed by atoms with E-state index < -0.39 is 39.8 Å². The molecule has 0 bridgehead atoms. The van der Waals surface area contributed by atoms with Crippen molar-refractivity contribution in [1.82, 2.24) is 4.31 Å². The predicted molar refractivity (Wildman–Crippen MR) is 69.3 cm³/mol. The van der Waals surface area contributed by atoms with Crippen LogP contribution in [0.1, 0.15) is 0 Å². The molecule has 0 aliphatic carbocycles. The SMILES string of the molecule is C#CCN(CC(=O)O)S(=O)(=O)c1ccc(Br)cc1F. The molecule has 0 saturated carbocycles. The smallest absolute Gasteiger partial charge is 0.318 e. The lowest BCUT2D eigenvalue weighted by Gasteiger charge is -2.18. The Labute approximate surface area is 118 Å². The molecule has 5 nitrogen and oxygen atoms in total. The molecule has 8 heteroatoms. The number of terminal acetylenes is 1. The zero-order valence-corrected chi connectivity index (χ0v) is 11.9. The second-order valence-electron chi connectivity index (χ2n) is 3.45. The summed E-state index contributed by atoms with van der Waals surface area (Å²) in [6.07, 6.45) is 4.99. The van der Waals surface area contributed by atoms with E-state index >= 15 is 0 Å². The lowest BCUT2D eigenvalue weighted by atomic mass is 10.3. The average Bonchev–Trinajstić information content (AvgIpc) is 2.27. The monoisotopic (exact) mass is 349 g/mol. The van der Waals surface area contributed by atoms with Gasteiger partial charge in [0.25, 0.3) is 0 Å². The maximum absolute atomic E-state index is 13.6. The topological polar surface area (TPSA) is 74.7 Å². The minimum atomic E-state index is -4.29. The number of sulfonamides is 1. The molecule has 1 N–H and O–H groups in total. The molecule has 1 rings (SSSR count). The Balaban J connectivity index is 3.27. The Kier molecular flexibility index (Phi) is 5.05. The normalized spacial score (nSPS) is 11.3. The van der Waals surface area contributed by atoms with E-state index in [1.807, 2.05) is 5.92 Å². The van der Waals surface area contributed by atoms with Crippen LogP contribution in [-0.2, 0) is 14.8 Å². The van der Waals surface area contributed by atoms with Crippen molar-refractivity contribution in [3.05, 3.63) is 28.5 Å². The molecule has 0 aliphatic rings. The fourth-order valence-corrected chi connectivity index (χ4v) is 2.98. The Hall–Kier alpha value is -1.43. The van der Waals surface area contributed by atoms with Crippen LogP contribution >= 0.6 is 15.9 Å². The number of hydrogen-bond acceptors (Lipinski definition) is 3. The van der Waals surface area contributed by atoms with E-state index in [0.29, 0.717) is 8.78 Å². The quantitative estimate of drug-likeness (QED) is 0.813. The van der Waals surface area contributed by atoms with E-state index in [0.717, 1.165) is 12.1 Å². The van der Waals surface area contributed by atoms with Crippen LogP contribution in [0.5, 0.6) is 0 Å². The van der Waals surface area contributed by atoms with Gasteiger partial charge in [0, 0.05) is 4.47 Å². The van der Waals surface area contributed by atoms with Crippen LogP contribution in [-0.4, -0.2) is 36.9 Å². The summed E-state index contributed by atoms with van der Waals surface area (Å²) in [6, 6.07) is 3.35. The largest absolute Gasteiger partial charge is 0.480 e. The average molecular weight is 350 g/mol. The Morgan fingerprint density at radius 3 is 2.63 bits per heavy atom. The van der Waals surface area contributed by atoms with Crippen molar-refractivity contribution in [2.45, 2.75) is 4.90 Å². The van der Waals surface area contributed by atoms with Crippen molar-refractivity contribution in [1.29, 1.82) is 0 Å². The molecule has 0 aliphatic heterocycles. The minimum Gasteiger partial charge on any atom is -0.480 e. The Morgan fingerprint density at radius 2 is 2.16 bits per heavy atom. The molecule has 1 aromatic carbocycles. The van der Waals surface area contributed by atoms with E-state index in [-0.39, 0.29) is 0 Å². The van der Waals surface area contributed by atoms with Crippen molar-refractivity contribution in [2.24, 2.45) is 0 Å². The fourth-order valence-electron chi connectivity index (χ4n) is 1.30. The van der Waals surface area contributed by atoms with Gasteiger partial charge in [-0.3, -0.25) is 4.79 Å². The van der Waals surface area contributed by atoms with Gasteiger partial charge in [0.1, 0.15) is 17.3 Å². The zero-order valence-electron chi connectivity index (χ0n) is 9.51.